The van der Waals surface area contributed by atoms with Crippen LogP contribution in [0.5, 0.6) is 0 Å². The first-order valence-corrected chi connectivity index (χ1v) is 10.9. The van der Waals surface area contributed by atoms with Crippen LogP contribution >= 0.6 is 11.3 Å². The Hall–Kier alpha value is -2.83. The summed E-state index contributed by atoms with van der Waals surface area (Å²) >= 11 is 1.73. The summed E-state index contributed by atoms with van der Waals surface area (Å²) in [7, 11) is 0. The molecule has 1 saturated carbocycles. The highest BCUT2D eigenvalue weighted by Gasteiger charge is 2.28. The van der Waals surface area contributed by atoms with Crippen molar-refractivity contribution in [2.45, 2.75) is 31.2 Å². The van der Waals surface area contributed by atoms with Crippen molar-refractivity contribution in [3.05, 3.63) is 71.4 Å². The molecule has 0 bridgehead atoms. The van der Waals surface area contributed by atoms with E-state index in [1.807, 2.05) is 18.2 Å². The van der Waals surface area contributed by atoms with Gasteiger partial charge in [-0.25, -0.2) is 9.97 Å². The zero-order chi connectivity index (χ0) is 19.6. The van der Waals surface area contributed by atoms with Crippen LogP contribution in [0.3, 0.4) is 0 Å². The standard InChI is InChI=1S/C23H23N5S/c24-18(12-15-4-2-1-3-5-15)13-26-23-21-20(19(14-29-21)16-6-7-16)27-22(28-23)17-8-10-25-11-9-17/h1-5,8-11,14,16,18H,6-7,12-13,24H2,(H,26,27,28). The third-order valence-electron chi connectivity index (χ3n) is 5.27. The minimum Gasteiger partial charge on any atom is -0.367 e. The zero-order valence-corrected chi connectivity index (χ0v) is 16.9. The molecule has 0 aliphatic heterocycles. The van der Waals surface area contributed by atoms with Gasteiger partial charge in [-0.05, 0) is 53.8 Å². The number of anilines is 1. The molecule has 4 aromatic rings. The molecule has 29 heavy (non-hydrogen) atoms. The largest absolute Gasteiger partial charge is 0.367 e. The first-order valence-electron chi connectivity index (χ1n) is 10.0. The van der Waals surface area contributed by atoms with Crippen molar-refractivity contribution in [3.8, 4) is 11.4 Å². The molecule has 5 nitrogen and oxygen atoms in total. The topological polar surface area (TPSA) is 76.7 Å². The number of nitrogens with two attached hydrogens (primary N) is 1. The molecule has 0 saturated heterocycles. The maximum absolute atomic E-state index is 6.40. The maximum Gasteiger partial charge on any atom is 0.162 e. The van der Waals surface area contributed by atoms with E-state index in [1.165, 1.54) is 24.0 Å². The summed E-state index contributed by atoms with van der Waals surface area (Å²) < 4.78 is 1.12. The summed E-state index contributed by atoms with van der Waals surface area (Å²) in [6, 6.07) is 14.3. The van der Waals surface area contributed by atoms with Crippen LogP contribution < -0.4 is 11.1 Å². The smallest absolute Gasteiger partial charge is 0.162 e. The fraction of sp³-hybridized carbons (Fsp3) is 0.261. The molecule has 3 N–H and O–H groups in total. The fourth-order valence-electron chi connectivity index (χ4n) is 3.59. The van der Waals surface area contributed by atoms with E-state index in [0.717, 1.165) is 33.8 Å². The van der Waals surface area contributed by atoms with E-state index in [-0.39, 0.29) is 6.04 Å². The number of thiophene rings is 1. The second kappa shape index (κ2) is 7.89. The maximum atomic E-state index is 6.40. The van der Waals surface area contributed by atoms with E-state index in [2.05, 4.69) is 39.9 Å². The van der Waals surface area contributed by atoms with Crippen molar-refractivity contribution < 1.29 is 0 Å². The van der Waals surface area contributed by atoms with Gasteiger partial charge in [-0.15, -0.1) is 11.3 Å². The Morgan fingerprint density at radius 3 is 2.62 bits per heavy atom. The van der Waals surface area contributed by atoms with Gasteiger partial charge in [0.05, 0.1) is 10.2 Å². The molecule has 1 unspecified atom stereocenters. The number of aromatic nitrogens is 3. The van der Waals surface area contributed by atoms with E-state index >= 15 is 0 Å². The lowest BCUT2D eigenvalue weighted by atomic mass is 10.1. The molecule has 1 aliphatic carbocycles. The summed E-state index contributed by atoms with van der Waals surface area (Å²) in [6.07, 6.45) is 6.90. The molecule has 5 rings (SSSR count). The average molecular weight is 402 g/mol. The van der Waals surface area contributed by atoms with Gasteiger partial charge in [0.25, 0.3) is 0 Å². The molecule has 3 aromatic heterocycles. The number of pyridine rings is 1. The predicted molar refractivity (Wildman–Crippen MR) is 119 cm³/mol. The number of nitrogens with zero attached hydrogens (tertiary/aromatic N) is 3. The summed E-state index contributed by atoms with van der Waals surface area (Å²) in [5.74, 6) is 2.26. The molecule has 1 aromatic carbocycles. The number of fused-ring (bicyclic) bond motifs is 1. The van der Waals surface area contributed by atoms with Gasteiger partial charge in [0.2, 0.25) is 0 Å². The van der Waals surface area contributed by atoms with Crippen LogP contribution in [0.15, 0.2) is 60.2 Å². The monoisotopic (exact) mass is 401 g/mol. The van der Waals surface area contributed by atoms with Crippen molar-refractivity contribution in [2.75, 3.05) is 11.9 Å². The Balaban J connectivity index is 1.44. The van der Waals surface area contributed by atoms with Crippen molar-refractivity contribution in [1.82, 2.24) is 15.0 Å². The van der Waals surface area contributed by atoms with Crippen LogP contribution in [0.25, 0.3) is 21.6 Å². The highest BCUT2D eigenvalue weighted by Crippen LogP contribution is 2.46. The van der Waals surface area contributed by atoms with Crippen LogP contribution in [0.1, 0.15) is 29.9 Å². The van der Waals surface area contributed by atoms with E-state index in [1.54, 1.807) is 23.7 Å². The molecule has 1 atom stereocenters. The van der Waals surface area contributed by atoms with Crippen LogP contribution in [-0.4, -0.2) is 27.5 Å². The molecule has 0 spiro atoms. The minimum absolute atomic E-state index is 0.00894. The van der Waals surface area contributed by atoms with Crippen molar-refractivity contribution >= 4 is 27.4 Å². The third kappa shape index (κ3) is 3.99. The highest BCUT2D eigenvalue weighted by molar-refractivity contribution is 7.18. The van der Waals surface area contributed by atoms with E-state index in [0.29, 0.717) is 12.5 Å². The van der Waals surface area contributed by atoms with Crippen molar-refractivity contribution in [1.29, 1.82) is 0 Å². The predicted octanol–water partition coefficient (Wildman–Crippen LogP) is 4.61. The van der Waals surface area contributed by atoms with Crippen LogP contribution in [0.2, 0.25) is 0 Å². The van der Waals surface area contributed by atoms with Gasteiger partial charge in [-0.2, -0.15) is 0 Å². The van der Waals surface area contributed by atoms with Gasteiger partial charge in [0.1, 0.15) is 5.82 Å². The molecular formula is C23H23N5S. The molecule has 1 fully saturated rings. The molecule has 0 radical (unpaired) electrons. The highest BCUT2D eigenvalue weighted by atomic mass is 32.1. The minimum atomic E-state index is 0.00894. The Morgan fingerprint density at radius 2 is 1.86 bits per heavy atom. The van der Waals surface area contributed by atoms with Gasteiger partial charge in [0, 0.05) is 30.5 Å². The van der Waals surface area contributed by atoms with Gasteiger partial charge in [0.15, 0.2) is 5.82 Å². The van der Waals surface area contributed by atoms with Gasteiger partial charge < -0.3 is 11.1 Å². The van der Waals surface area contributed by atoms with Gasteiger partial charge in [-0.1, -0.05) is 30.3 Å². The van der Waals surface area contributed by atoms with Gasteiger partial charge >= 0.3 is 0 Å². The number of benzene rings is 1. The van der Waals surface area contributed by atoms with Crippen molar-refractivity contribution in [2.24, 2.45) is 5.73 Å². The normalized spacial score (nSPS) is 14.8. The summed E-state index contributed by atoms with van der Waals surface area (Å²) in [5, 5.41) is 5.76. The average Bonchev–Trinajstić information content (AvgIpc) is 3.52. The first-order chi connectivity index (χ1) is 14.3. The molecule has 6 heteroatoms. The molecule has 0 amide bonds. The molecule has 3 heterocycles. The van der Waals surface area contributed by atoms with Gasteiger partial charge in [-0.3, -0.25) is 4.98 Å². The lowest BCUT2D eigenvalue weighted by Crippen LogP contribution is -2.31. The number of hydrogen-bond acceptors (Lipinski definition) is 6. The molecule has 1 aliphatic rings. The lowest BCUT2D eigenvalue weighted by Gasteiger charge is -2.14. The van der Waals surface area contributed by atoms with Crippen molar-refractivity contribution in [3.63, 3.8) is 0 Å². The summed E-state index contributed by atoms with van der Waals surface area (Å²) in [4.78, 5) is 13.9. The number of rotatable bonds is 7. The third-order valence-corrected chi connectivity index (χ3v) is 6.27. The zero-order valence-electron chi connectivity index (χ0n) is 16.1. The Labute approximate surface area is 174 Å². The molecular weight excluding hydrogens is 378 g/mol. The summed E-state index contributed by atoms with van der Waals surface area (Å²) in [5.41, 5.74) is 11.1. The number of nitrogens with one attached hydrogen (secondary N) is 1. The Bertz CT molecular complexity index is 1110. The van der Waals surface area contributed by atoms with Crippen LogP contribution in [0, 0.1) is 0 Å². The second-order valence-corrected chi connectivity index (χ2v) is 8.49. The van der Waals surface area contributed by atoms with E-state index < -0.39 is 0 Å². The lowest BCUT2D eigenvalue weighted by molar-refractivity contribution is 0.698. The van der Waals surface area contributed by atoms with E-state index in [4.69, 9.17) is 15.7 Å². The van der Waals surface area contributed by atoms with Crippen LogP contribution in [-0.2, 0) is 6.42 Å². The van der Waals surface area contributed by atoms with E-state index in [9.17, 15) is 0 Å². The fourth-order valence-corrected chi connectivity index (χ4v) is 4.64. The van der Waals surface area contributed by atoms with Crippen LogP contribution in [0.4, 0.5) is 5.82 Å². The second-order valence-electron chi connectivity index (χ2n) is 7.61. The quantitative estimate of drug-likeness (QED) is 0.473. The Morgan fingerprint density at radius 1 is 1.07 bits per heavy atom. The SMILES string of the molecule is NC(CNc1nc(-c2ccncc2)nc2c(C3CC3)csc12)Cc1ccccc1. The Kier molecular flexibility index (Phi) is 4.96. The number of hydrogen-bond donors (Lipinski definition) is 2. The summed E-state index contributed by atoms with van der Waals surface area (Å²) in [6.45, 7) is 0.660. The first kappa shape index (κ1) is 18.2. The molecule has 146 valence electrons.